The highest BCUT2D eigenvalue weighted by Crippen LogP contribution is 2.29. The summed E-state index contributed by atoms with van der Waals surface area (Å²) in [6.45, 7) is 1.61. The second-order valence-electron chi connectivity index (χ2n) is 6.48. The molecule has 2 aromatic heterocycles. The summed E-state index contributed by atoms with van der Waals surface area (Å²) >= 11 is 0. The first-order chi connectivity index (χ1) is 13.3. The van der Waals surface area contributed by atoms with Crippen molar-refractivity contribution in [3.8, 4) is 28.8 Å². The Morgan fingerprint density at radius 1 is 1.07 bits per heavy atom. The van der Waals surface area contributed by atoms with Gasteiger partial charge in [0.25, 0.3) is 11.8 Å². The van der Waals surface area contributed by atoms with E-state index in [2.05, 4.69) is 10.1 Å². The Balaban J connectivity index is 1.47. The maximum atomic E-state index is 12.5. The number of para-hydroxylation sites is 1. The van der Waals surface area contributed by atoms with E-state index >= 15 is 0 Å². The molecular weight excluding hydrogens is 346 g/mol. The van der Waals surface area contributed by atoms with Crippen LogP contribution in [0.1, 0.15) is 25.7 Å². The molecule has 140 valence electrons. The zero-order valence-corrected chi connectivity index (χ0v) is 15.0. The second-order valence-corrected chi connectivity index (χ2v) is 6.48. The fraction of sp³-hybridized carbons (Fsp3) is 0.350. The number of carbonyl (C=O) groups excluding carboxylic acids is 1. The molecule has 1 amide bonds. The van der Waals surface area contributed by atoms with Gasteiger partial charge in [-0.15, -0.1) is 0 Å². The van der Waals surface area contributed by atoms with Crippen molar-refractivity contribution in [3.63, 3.8) is 0 Å². The van der Waals surface area contributed by atoms with E-state index in [1.165, 1.54) is 12.8 Å². The molecule has 0 unspecified atom stereocenters. The number of benzene rings is 1. The Bertz CT molecular complexity index is 880. The second kappa shape index (κ2) is 8.07. The van der Waals surface area contributed by atoms with Crippen LogP contribution in [0.15, 0.2) is 51.6 Å². The molecule has 1 aromatic carbocycles. The van der Waals surface area contributed by atoms with Crippen LogP contribution in [0.4, 0.5) is 0 Å². The number of ether oxygens (including phenoxy) is 1. The van der Waals surface area contributed by atoms with Crippen LogP contribution in [-0.4, -0.2) is 40.6 Å². The molecule has 0 bridgehead atoms. The van der Waals surface area contributed by atoms with Gasteiger partial charge in [0.15, 0.2) is 12.4 Å². The molecular formula is C20H21N3O4. The summed E-state index contributed by atoms with van der Waals surface area (Å²) in [4.78, 5) is 18.7. The molecule has 3 heterocycles. The van der Waals surface area contributed by atoms with E-state index in [0.717, 1.165) is 25.9 Å². The molecule has 1 aliphatic heterocycles. The molecule has 0 aliphatic carbocycles. The maximum absolute atomic E-state index is 12.5. The number of furan rings is 1. The minimum Gasteiger partial charge on any atom is -0.483 e. The number of hydrogen-bond acceptors (Lipinski definition) is 6. The fourth-order valence-corrected chi connectivity index (χ4v) is 3.16. The molecule has 1 aliphatic rings. The number of amides is 1. The predicted octanol–water partition coefficient (Wildman–Crippen LogP) is 3.78. The monoisotopic (exact) mass is 367 g/mol. The van der Waals surface area contributed by atoms with Gasteiger partial charge in [-0.05, 0) is 37.1 Å². The lowest BCUT2D eigenvalue weighted by atomic mass is 10.2. The first kappa shape index (κ1) is 17.3. The van der Waals surface area contributed by atoms with E-state index in [1.807, 2.05) is 23.1 Å². The zero-order valence-electron chi connectivity index (χ0n) is 15.0. The summed E-state index contributed by atoms with van der Waals surface area (Å²) in [5.74, 6) is 1.75. The molecule has 0 N–H and O–H groups in total. The highest BCUT2D eigenvalue weighted by molar-refractivity contribution is 5.78. The number of rotatable bonds is 5. The molecule has 27 heavy (non-hydrogen) atoms. The minimum atomic E-state index is -0.0000935. The normalized spacial score (nSPS) is 14.7. The van der Waals surface area contributed by atoms with Crippen LogP contribution in [0, 0.1) is 0 Å². The minimum absolute atomic E-state index is 0.0000935. The van der Waals surface area contributed by atoms with Gasteiger partial charge >= 0.3 is 0 Å². The lowest BCUT2D eigenvalue weighted by Crippen LogP contribution is -2.35. The summed E-state index contributed by atoms with van der Waals surface area (Å²) in [5, 5.41) is 4.01. The summed E-state index contributed by atoms with van der Waals surface area (Å²) < 4.78 is 16.4. The summed E-state index contributed by atoms with van der Waals surface area (Å²) in [6, 6.07) is 10.9. The van der Waals surface area contributed by atoms with Crippen molar-refractivity contribution in [2.75, 3.05) is 19.7 Å². The molecule has 0 radical (unpaired) electrons. The average molecular weight is 367 g/mol. The quantitative estimate of drug-likeness (QED) is 0.683. The molecule has 3 aromatic rings. The topological polar surface area (TPSA) is 81.6 Å². The Labute approximate surface area is 156 Å². The van der Waals surface area contributed by atoms with Gasteiger partial charge < -0.3 is 18.6 Å². The van der Waals surface area contributed by atoms with Gasteiger partial charge in [0.1, 0.15) is 5.75 Å². The number of carbonyl (C=O) groups is 1. The van der Waals surface area contributed by atoms with E-state index in [4.69, 9.17) is 13.7 Å². The van der Waals surface area contributed by atoms with Crippen molar-refractivity contribution in [3.05, 3.63) is 42.7 Å². The largest absolute Gasteiger partial charge is 0.483 e. The van der Waals surface area contributed by atoms with Crippen LogP contribution in [0.2, 0.25) is 0 Å². The average Bonchev–Trinajstić information content (AvgIpc) is 3.33. The molecule has 1 saturated heterocycles. The van der Waals surface area contributed by atoms with Crippen LogP contribution in [0.3, 0.4) is 0 Å². The van der Waals surface area contributed by atoms with Crippen molar-refractivity contribution in [2.45, 2.75) is 25.7 Å². The highest BCUT2D eigenvalue weighted by atomic mass is 16.5. The lowest BCUT2D eigenvalue weighted by molar-refractivity contribution is -0.133. The SMILES string of the molecule is O=C(COc1ccccc1-c1noc(-c2ccco2)n1)N1CCCCCC1. The van der Waals surface area contributed by atoms with Crippen molar-refractivity contribution < 1.29 is 18.5 Å². The van der Waals surface area contributed by atoms with Gasteiger partial charge in [-0.25, -0.2) is 0 Å². The van der Waals surface area contributed by atoms with Crippen LogP contribution in [0.5, 0.6) is 5.75 Å². The van der Waals surface area contributed by atoms with Gasteiger partial charge in [0.05, 0.1) is 11.8 Å². The number of hydrogen-bond donors (Lipinski definition) is 0. The van der Waals surface area contributed by atoms with Gasteiger partial charge in [0.2, 0.25) is 5.82 Å². The maximum Gasteiger partial charge on any atom is 0.293 e. The Kier molecular flexibility index (Phi) is 5.18. The third-order valence-corrected chi connectivity index (χ3v) is 4.60. The lowest BCUT2D eigenvalue weighted by Gasteiger charge is -2.20. The van der Waals surface area contributed by atoms with Crippen LogP contribution in [-0.2, 0) is 4.79 Å². The Morgan fingerprint density at radius 3 is 2.67 bits per heavy atom. The predicted molar refractivity (Wildman–Crippen MR) is 98.0 cm³/mol. The number of nitrogens with zero attached hydrogens (tertiary/aromatic N) is 3. The summed E-state index contributed by atoms with van der Waals surface area (Å²) in [7, 11) is 0. The summed E-state index contributed by atoms with van der Waals surface area (Å²) in [5.41, 5.74) is 0.669. The zero-order chi connectivity index (χ0) is 18.5. The van der Waals surface area contributed by atoms with E-state index in [0.29, 0.717) is 28.8 Å². The molecule has 7 nitrogen and oxygen atoms in total. The van der Waals surface area contributed by atoms with Crippen LogP contribution < -0.4 is 4.74 Å². The van der Waals surface area contributed by atoms with Crippen molar-refractivity contribution in [1.29, 1.82) is 0 Å². The van der Waals surface area contributed by atoms with Crippen LogP contribution >= 0.6 is 0 Å². The van der Waals surface area contributed by atoms with Crippen LogP contribution in [0.25, 0.3) is 23.0 Å². The van der Waals surface area contributed by atoms with Crippen molar-refractivity contribution in [1.82, 2.24) is 15.0 Å². The number of likely N-dealkylation sites (tertiary alicyclic amines) is 1. The molecule has 7 heteroatoms. The first-order valence-electron chi connectivity index (χ1n) is 9.19. The van der Waals surface area contributed by atoms with E-state index in [9.17, 15) is 4.79 Å². The molecule has 1 fully saturated rings. The van der Waals surface area contributed by atoms with Gasteiger partial charge in [-0.1, -0.05) is 30.1 Å². The molecule has 0 spiro atoms. The molecule has 0 atom stereocenters. The first-order valence-corrected chi connectivity index (χ1v) is 9.19. The third-order valence-electron chi connectivity index (χ3n) is 4.60. The van der Waals surface area contributed by atoms with E-state index in [1.54, 1.807) is 24.5 Å². The highest BCUT2D eigenvalue weighted by Gasteiger charge is 2.19. The third kappa shape index (κ3) is 4.02. The van der Waals surface area contributed by atoms with E-state index in [-0.39, 0.29) is 12.5 Å². The van der Waals surface area contributed by atoms with Gasteiger partial charge in [-0.2, -0.15) is 4.98 Å². The summed E-state index contributed by atoms with van der Waals surface area (Å²) in [6.07, 6.45) is 6.03. The Morgan fingerprint density at radius 2 is 1.89 bits per heavy atom. The molecule has 0 saturated carbocycles. The van der Waals surface area contributed by atoms with Gasteiger partial charge in [0, 0.05) is 13.1 Å². The van der Waals surface area contributed by atoms with E-state index < -0.39 is 0 Å². The van der Waals surface area contributed by atoms with Crippen molar-refractivity contribution in [2.24, 2.45) is 0 Å². The fourth-order valence-electron chi connectivity index (χ4n) is 3.16. The van der Waals surface area contributed by atoms with Gasteiger partial charge in [-0.3, -0.25) is 4.79 Å². The number of aromatic nitrogens is 2. The Hall–Kier alpha value is -3.09. The smallest absolute Gasteiger partial charge is 0.293 e. The molecule has 4 rings (SSSR count). The van der Waals surface area contributed by atoms with Crippen molar-refractivity contribution >= 4 is 5.91 Å². The standard InChI is InChI=1S/C20H21N3O4/c24-18(23-11-5-1-2-6-12-23)14-26-16-9-4-3-8-15(16)19-21-20(27-22-19)17-10-7-13-25-17/h3-4,7-10,13H,1-2,5-6,11-12,14H2.